The van der Waals surface area contributed by atoms with E-state index >= 15 is 0 Å². The first-order valence-corrected chi connectivity index (χ1v) is 8.13. The number of hydrogen-bond donors (Lipinski definition) is 3. The molecule has 1 aromatic carbocycles. The summed E-state index contributed by atoms with van der Waals surface area (Å²) in [5.74, 6) is 0. The Kier molecular flexibility index (Phi) is 4.51. The lowest BCUT2D eigenvalue weighted by Gasteiger charge is -2.00. The molecule has 0 aliphatic heterocycles. The molecule has 3 aromatic rings. The van der Waals surface area contributed by atoms with Crippen LogP contribution in [0.4, 0.5) is 0 Å². The van der Waals surface area contributed by atoms with Gasteiger partial charge in [0.15, 0.2) is 4.77 Å². The van der Waals surface area contributed by atoms with Crippen molar-refractivity contribution in [3.05, 3.63) is 47.5 Å². The number of aromatic amines is 2. The number of hydrogen-bond acceptors (Lipinski definition) is 4. The molecule has 110 valence electrons. The van der Waals surface area contributed by atoms with Crippen molar-refractivity contribution >= 4 is 33.4 Å². The van der Waals surface area contributed by atoms with Crippen molar-refractivity contribution in [1.82, 2.24) is 15.0 Å². The molecule has 6 nitrogen and oxygen atoms in total. The van der Waals surface area contributed by atoms with E-state index < -0.39 is 10.1 Å². The summed E-state index contributed by atoms with van der Waals surface area (Å²) in [5.41, 5.74) is 4.36. The van der Waals surface area contributed by atoms with Gasteiger partial charge in [-0.05, 0) is 47.6 Å². The molecule has 0 atom stereocenters. The number of benzene rings is 1. The maximum Gasteiger partial charge on any atom is 0.261 e. The average molecular weight is 323 g/mol. The van der Waals surface area contributed by atoms with E-state index in [-0.39, 0.29) is 0 Å². The van der Waals surface area contributed by atoms with Gasteiger partial charge < -0.3 is 9.97 Å². The summed E-state index contributed by atoms with van der Waals surface area (Å²) in [4.78, 5) is 10.2. The molecule has 2 heterocycles. The summed E-state index contributed by atoms with van der Waals surface area (Å²) in [5, 5.41) is 0. The van der Waals surface area contributed by atoms with Gasteiger partial charge in [0.2, 0.25) is 0 Å². The molecule has 0 saturated heterocycles. The Morgan fingerprint density at radius 2 is 1.62 bits per heavy atom. The van der Waals surface area contributed by atoms with E-state index in [2.05, 4.69) is 27.1 Å². The number of fused-ring (bicyclic) bond motifs is 1. The van der Waals surface area contributed by atoms with Crippen LogP contribution in [0.15, 0.2) is 42.7 Å². The molecule has 0 aliphatic carbocycles. The molecule has 3 N–H and O–H groups in total. The normalized spacial score (nSPS) is 11.0. The van der Waals surface area contributed by atoms with Gasteiger partial charge >= 0.3 is 0 Å². The van der Waals surface area contributed by atoms with Gasteiger partial charge in [-0.2, -0.15) is 8.42 Å². The standard InChI is InChI=1S/C12H9N3S.CH4O3S/c16-12-14-10-2-1-9(7-11(10)15-12)8-3-5-13-6-4-8;1-5(2,3)4/h1-7H,(H2,14,15,16);1H3,(H,2,3,4). The number of H-pyrrole nitrogens is 2. The molecule has 0 radical (unpaired) electrons. The lowest BCUT2D eigenvalue weighted by atomic mass is 10.1. The van der Waals surface area contributed by atoms with Crippen molar-refractivity contribution in [3.8, 4) is 11.1 Å². The molecule has 21 heavy (non-hydrogen) atoms. The van der Waals surface area contributed by atoms with Gasteiger partial charge in [-0.15, -0.1) is 0 Å². The Morgan fingerprint density at radius 3 is 2.24 bits per heavy atom. The second-order valence-electron chi connectivity index (χ2n) is 4.31. The number of imidazole rings is 1. The zero-order valence-corrected chi connectivity index (χ0v) is 12.7. The van der Waals surface area contributed by atoms with Crippen LogP contribution in [-0.4, -0.2) is 34.2 Å². The number of pyridine rings is 1. The topological polar surface area (TPSA) is 98.8 Å². The molecule has 0 spiro atoms. The largest absolute Gasteiger partial charge is 0.331 e. The van der Waals surface area contributed by atoms with Gasteiger partial charge in [-0.1, -0.05) is 6.07 Å². The molecule has 8 heteroatoms. The molecular weight excluding hydrogens is 310 g/mol. The van der Waals surface area contributed by atoms with Crippen LogP contribution in [0.25, 0.3) is 22.2 Å². The lowest BCUT2D eigenvalue weighted by molar-refractivity contribution is 0.490. The summed E-state index contributed by atoms with van der Waals surface area (Å²) in [6, 6.07) is 10.1. The lowest BCUT2D eigenvalue weighted by Crippen LogP contribution is -1.88. The SMILES string of the molecule is CS(=O)(=O)O.S=c1[nH]c2ccc(-c3ccncc3)cc2[nH]1. The van der Waals surface area contributed by atoms with E-state index in [1.807, 2.05) is 18.2 Å². The van der Waals surface area contributed by atoms with E-state index in [4.69, 9.17) is 16.8 Å². The molecule has 0 unspecified atom stereocenters. The molecular formula is C13H13N3O3S2. The smallest absolute Gasteiger partial charge is 0.261 e. The van der Waals surface area contributed by atoms with Crippen molar-refractivity contribution in [3.63, 3.8) is 0 Å². The summed E-state index contributed by atoms with van der Waals surface area (Å²) >= 11 is 5.05. The van der Waals surface area contributed by atoms with Gasteiger partial charge in [-0.3, -0.25) is 9.54 Å². The van der Waals surface area contributed by atoms with Crippen LogP contribution in [-0.2, 0) is 10.1 Å². The third kappa shape index (κ3) is 4.78. The summed E-state index contributed by atoms with van der Waals surface area (Å²) in [6.07, 6.45) is 4.30. The highest BCUT2D eigenvalue weighted by atomic mass is 32.2. The number of rotatable bonds is 1. The van der Waals surface area contributed by atoms with E-state index in [1.54, 1.807) is 12.4 Å². The van der Waals surface area contributed by atoms with Crippen molar-refractivity contribution in [1.29, 1.82) is 0 Å². The zero-order valence-electron chi connectivity index (χ0n) is 11.1. The number of aromatic nitrogens is 3. The average Bonchev–Trinajstić information content (AvgIpc) is 2.77. The highest BCUT2D eigenvalue weighted by Crippen LogP contribution is 2.22. The molecule has 3 rings (SSSR count). The Bertz CT molecular complexity index is 891. The van der Waals surface area contributed by atoms with E-state index in [0.29, 0.717) is 11.0 Å². The van der Waals surface area contributed by atoms with Crippen LogP contribution < -0.4 is 0 Å². The highest BCUT2D eigenvalue weighted by molar-refractivity contribution is 7.85. The third-order valence-electron chi connectivity index (χ3n) is 2.53. The molecule has 0 aliphatic rings. The predicted molar refractivity (Wildman–Crippen MR) is 84.2 cm³/mol. The van der Waals surface area contributed by atoms with Crippen LogP contribution in [0.1, 0.15) is 0 Å². The molecule has 0 bridgehead atoms. The van der Waals surface area contributed by atoms with Gasteiger partial charge in [0.05, 0.1) is 17.3 Å². The van der Waals surface area contributed by atoms with E-state index in [0.717, 1.165) is 22.2 Å². The Hall–Kier alpha value is -2.03. The minimum atomic E-state index is -3.67. The van der Waals surface area contributed by atoms with Gasteiger partial charge in [0, 0.05) is 12.4 Å². The monoisotopic (exact) mass is 323 g/mol. The Balaban J connectivity index is 0.000000282. The van der Waals surface area contributed by atoms with Crippen molar-refractivity contribution < 1.29 is 13.0 Å². The molecule has 0 amide bonds. The summed E-state index contributed by atoms with van der Waals surface area (Å²) in [7, 11) is -3.67. The van der Waals surface area contributed by atoms with Crippen LogP contribution in [0.5, 0.6) is 0 Å². The second kappa shape index (κ2) is 6.17. The zero-order chi connectivity index (χ0) is 15.5. The van der Waals surface area contributed by atoms with Gasteiger partial charge in [0.1, 0.15) is 0 Å². The van der Waals surface area contributed by atoms with Crippen LogP contribution >= 0.6 is 12.2 Å². The first kappa shape index (κ1) is 15.4. The summed E-state index contributed by atoms with van der Waals surface area (Å²) in [6.45, 7) is 0. The van der Waals surface area contributed by atoms with Crippen molar-refractivity contribution in [2.45, 2.75) is 0 Å². The maximum atomic E-state index is 9.19. The summed E-state index contributed by atoms with van der Waals surface area (Å²) < 4.78 is 26.5. The fourth-order valence-corrected chi connectivity index (χ4v) is 1.98. The minimum Gasteiger partial charge on any atom is -0.331 e. The fourth-order valence-electron chi connectivity index (χ4n) is 1.76. The predicted octanol–water partition coefficient (Wildman–Crippen LogP) is 2.79. The van der Waals surface area contributed by atoms with Gasteiger partial charge in [-0.25, -0.2) is 0 Å². The van der Waals surface area contributed by atoms with E-state index in [1.165, 1.54) is 0 Å². The maximum absolute atomic E-state index is 9.19. The molecule has 0 saturated carbocycles. The van der Waals surface area contributed by atoms with Crippen LogP contribution in [0, 0.1) is 4.77 Å². The first-order valence-electron chi connectivity index (χ1n) is 5.88. The highest BCUT2D eigenvalue weighted by Gasteiger charge is 2.00. The van der Waals surface area contributed by atoms with Crippen LogP contribution in [0.3, 0.4) is 0 Å². The number of nitrogens with zero attached hydrogens (tertiary/aromatic N) is 1. The molecule has 0 fully saturated rings. The van der Waals surface area contributed by atoms with Crippen molar-refractivity contribution in [2.24, 2.45) is 0 Å². The van der Waals surface area contributed by atoms with Crippen LogP contribution in [0.2, 0.25) is 0 Å². The molecule has 2 aromatic heterocycles. The third-order valence-corrected chi connectivity index (χ3v) is 2.73. The Morgan fingerprint density at radius 1 is 1.05 bits per heavy atom. The van der Waals surface area contributed by atoms with E-state index in [9.17, 15) is 8.42 Å². The van der Waals surface area contributed by atoms with Crippen molar-refractivity contribution in [2.75, 3.05) is 6.26 Å². The number of nitrogens with one attached hydrogen (secondary N) is 2. The fraction of sp³-hybridized carbons (Fsp3) is 0.0769. The quantitative estimate of drug-likeness (QED) is 0.472. The minimum absolute atomic E-state index is 0.655. The second-order valence-corrected chi connectivity index (χ2v) is 6.18. The Labute approximate surface area is 126 Å². The first-order chi connectivity index (χ1) is 9.83. The van der Waals surface area contributed by atoms with Gasteiger partial charge in [0.25, 0.3) is 10.1 Å².